The molecule has 5 heteroatoms. The molecule has 0 aliphatic carbocycles. The molecule has 0 amide bonds. The topological polar surface area (TPSA) is 41.7 Å². The van der Waals surface area contributed by atoms with Crippen molar-refractivity contribution in [3.8, 4) is 0 Å². The van der Waals surface area contributed by atoms with Gasteiger partial charge in [-0.05, 0) is 19.3 Å². The van der Waals surface area contributed by atoms with Crippen LogP contribution in [0.4, 0.5) is 0 Å². The lowest BCUT2D eigenvalue weighted by Crippen LogP contribution is -2.56. The van der Waals surface area contributed by atoms with Gasteiger partial charge in [-0.15, -0.1) is 0 Å². The summed E-state index contributed by atoms with van der Waals surface area (Å²) in [4.78, 5) is 5.71. The minimum absolute atomic E-state index is 0.289. The molecule has 2 aliphatic heterocycles. The zero-order valence-electron chi connectivity index (χ0n) is 11.3. The van der Waals surface area contributed by atoms with E-state index in [2.05, 4.69) is 16.7 Å². The van der Waals surface area contributed by atoms with Crippen LogP contribution in [0.5, 0.6) is 0 Å². The van der Waals surface area contributed by atoms with Gasteiger partial charge in [0.1, 0.15) is 0 Å². The Morgan fingerprint density at radius 1 is 1.28 bits per heavy atom. The van der Waals surface area contributed by atoms with Crippen molar-refractivity contribution in [3.05, 3.63) is 0 Å². The third-order valence-corrected chi connectivity index (χ3v) is 4.48. The van der Waals surface area contributed by atoms with Crippen molar-refractivity contribution < 1.29 is 4.74 Å². The van der Waals surface area contributed by atoms with Crippen LogP contribution in [0.15, 0.2) is 0 Å². The Labute approximate surface area is 115 Å². The van der Waals surface area contributed by atoms with Crippen LogP contribution in [-0.2, 0) is 4.74 Å². The number of piperazine rings is 1. The number of nitrogens with two attached hydrogens (primary N) is 1. The molecule has 0 bridgehead atoms. The van der Waals surface area contributed by atoms with Crippen LogP contribution in [0.1, 0.15) is 26.2 Å². The van der Waals surface area contributed by atoms with Gasteiger partial charge in [0.2, 0.25) is 0 Å². The minimum Gasteiger partial charge on any atom is -0.392 e. The second kappa shape index (κ2) is 6.80. The van der Waals surface area contributed by atoms with Gasteiger partial charge in [0, 0.05) is 45.4 Å². The molecular formula is C13H25N3OS. The summed E-state index contributed by atoms with van der Waals surface area (Å²) in [6.45, 7) is 8.48. The minimum atomic E-state index is 0.289. The van der Waals surface area contributed by atoms with E-state index in [4.69, 9.17) is 22.7 Å². The van der Waals surface area contributed by atoms with Crippen molar-refractivity contribution >= 4 is 17.2 Å². The van der Waals surface area contributed by atoms with E-state index in [1.165, 1.54) is 12.8 Å². The van der Waals surface area contributed by atoms with Crippen molar-refractivity contribution in [2.45, 2.75) is 38.3 Å². The summed E-state index contributed by atoms with van der Waals surface area (Å²) in [6.07, 6.45) is 3.39. The highest BCUT2D eigenvalue weighted by Gasteiger charge is 2.28. The maximum absolute atomic E-state index is 5.82. The maximum atomic E-state index is 5.82. The first kappa shape index (κ1) is 14.2. The molecule has 18 heavy (non-hydrogen) atoms. The van der Waals surface area contributed by atoms with Crippen molar-refractivity contribution in [2.24, 2.45) is 5.73 Å². The molecule has 2 rings (SSSR count). The van der Waals surface area contributed by atoms with E-state index < -0.39 is 0 Å². The summed E-state index contributed by atoms with van der Waals surface area (Å²) >= 11 is 5.16. The van der Waals surface area contributed by atoms with Crippen LogP contribution in [0.25, 0.3) is 0 Å². The zero-order valence-corrected chi connectivity index (χ0v) is 12.1. The standard InChI is InChI=1S/C13H25N3OS/c1-2-12(13(14)18)16-7-5-15(6-8-16)11-3-9-17-10-4-11/h11-12H,2-10H2,1H3,(H2,14,18). The molecule has 1 atom stereocenters. The normalized spacial score (nSPS) is 26.1. The Kier molecular flexibility index (Phi) is 5.36. The van der Waals surface area contributed by atoms with Crippen LogP contribution >= 0.6 is 12.2 Å². The Balaban J connectivity index is 1.81. The Morgan fingerprint density at radius 3 is 2.39 bits per heavy atom. The van der Waals surface area contributed by atoms with E-state index in [1.807, 2.05) is 0 Å². The van der Waals surface area contributed by atoms with Gasteiger partial charge in [-0.1, -0.05) is 19.1 Å². The zero-order chi connectivity index (χ0) is 13.0. The van der Waals surface area contributed by atoms with Gasteiger partial charge < -0.3 is 10.5 Å². The van der Waals surface area contributed by atoms with Gasteiger partial charge in [-0.25, -0.2) is 0 Å². The second-order valence-electron chi connectivity index (χ2n) is 5.24. The summed E-state index contributed by atoms with van der Waals surface area (Å²) in [6, 6.07) is 1.02. The van der Waals surface area contributed by atoms with Gasteiger partial charge in [-0.2, -0.15) is 0 Å². The molecule has 0 spiro atoms. The molecule has 0 aromatic heterocycles. The van der Waals surface area contributed by atoms with E-state index in [1.54, 1.807) is 0 Å². The van der Waals surface area contributed by atoms with E-state index in [0.717, 1.165) is 51.9 Å². The predicted octanol–water partition coefficient (Wildman–Crippen LogP) is 0.848. The summed E-state index contributed by atoms with van der Waals surface area (Å²) in [5.74, 6) is 0. The average Bonchev–Trinajstić information content (AvgIpc) is 2.41. The summed E-state index contributed by atoms with van der Waals surface area (Å²) in [5.41, 5.74) is 5.82. The van der Waals surface area contributed by atoms with Gasteiger partial charge in [0.05, 0.1) is 11.0 Å². The molecule has 1 unspecified atom stereocenters. The van der Waals surface area contributed by atoms with Crippen molar-refractivity contribution in [1.82, 2.24) is 9.80 Å². The van der Waals surface area contributed by atoms with E-state index in [-0.39, 0.29) is 6.04 Å². The highest BCUT2D eigenvalue weighted by molar-refractivity contribution is 7.80. The first-order valence-electron chi connectivity index (χ1n) is 7.07. The van der Waals surface area contributed by atoms with Gasteiger partial charge in [-0.3, -0.25) is 9.80 Å². The molecule has 0 aromatic rings. The first-order valence-corrected chi connectivity index (χ1v) is 7.48. The van der Waals surface area contributed by atoms with Crippen molar-refractivity contribution in [2.75, 3.05) is 39.4 Å². The Morgan fingerprint density at radius 2 is 1.89 bits per heavy atom. The number of thiocarbonyl (C=S) groups is 1. The molecule has 4 nitrogen and oxygen atoms in total. The van der Waals surface area contributed by atoms with Crippen molar-refractivity contribution in [1.29, 1.82) is 0 Å². The SMILES string of the molecule is CCC(C(N)=S)N1CCN(C2CCOCC2)CC1. The highest BCUT2D eigenvalue weighted by Crippen LogP contribution is 2.18. The van der Waals surface area contributed by atoms with Gasteiger partial charge in [0.15, 0.2) is 0 Å². The summed E-state index contributed by atoms with van der Waals surface area (Å²) in [5, 5.41) is 0. The molecule has 104 valence electrons. The Bertz CT molecular complexity index is 273. The number of hydrogen-bond donors (Lipinski definition) is 1. The number of rotatable bonds is 4. The quantitative estimate of drug-likeness (QED) is 0.768. The molecule has 2 saturated heterocycles. The van der Waals surface area contributed by atoms with Crippen LogP contribution in [0.2, 0.25) is 0 Å². The van der Waals surface area contributed by atoms with E-state index >= 15 is 0 Å². The predicted molar refractivity (Wildman–Crippen MR) is 77.9 cm³/mol. The molecule has 2 fully saturated rings. The maximum Gasteiger partial charge on any atom is 0.0901 e. The van der Waals surface area contributed by atoms with E-state index in [0.29, 0.717) is 4.99 Å². The van der Waals surface area contributed by atoms with Crippen LogP contribution < -0.4 is 5.73 Å². The molecule has 2 heterocycles. The third kappa shape index (κ3) is 3.41. The third-order valence-electron chi connectivity index (χ3n) is 4.21. The smallest absolute Gasteiger partial charge is 0.0901 e. The molecular weight excluding hydrogens is 246 g/mol. The summed E-state index contributed by atoms with van der Waals surface area (Å²) < 4.78 is 5.43. The highest BCUT2D eigenvalue weighted by atomic mass is 32.1. The lowest BCUT2D eigenvalue weighted by atomic mass is 10.1. The molecule has 0 saturated carbocycles. The first-order chi connectivity index (χ1) is 8.72. The molecule has 2 N–H and O–H groups in total. The number of hydrogen-bond acceptors (Lipinski definition) is 4. The fourth-order valence-corrected chi connectivity index (χ4v) is 3.42. The average molecular weight is 271 g/mol. The second-order valence-corrected chi connectivity index (χ2v) is 5.71. The van der Waals surface area contributed by atoms with Crippen LogP contribution in [-0.4, -0.2) is 66.3 Å². The van der Waals surface area contributed by atoms with Gasteiger partial charge in [0.25, 0.3) is 0 Å². The number of ether oxygens (including phenoxy) is 1. The monoisotopic (exact) mass is 271 g/mol. The summed E-state index contributed by atoms with van der Waals surface area (Å²) in [7, 11) is 0. The molecule has 0 aromatic carbocycles. The number of nitrogens with zero attached hydrogens (tertiary/aromatic N) is 2. The lowest BCUT2D eigenvalue weighted by Gasteiger charge is -2.42. The largest absolute Gasteiger partial charge is 0.392 e. The van der Waals surface area contributed by atoms with Crippen molar-refractivity contribution in [3.63, 3.8) is 0 Å². The van der Waals surface area contributed by atoms with Crippen LogP contribution in [0, 0.1) is 0 Å². The molecule has 0 radical (unpaired) electrons. The fraction of sp³-hybridized carbons (Fsp3) is 0.923. The Hall–Kier alpha value is -0.230. The lowest BCUT2D eigenvalue weighted by molar-refractivity contribution is 0.0108. The van der Waals surface area contributed by atoms with E-state index in [9.17, 15) is 0 Å². The fourth-order valence-electron chi connectivity index (χ4n) is 3.10. The van der Waals surface area contributed by atoms with Crippen LogP contribution in [0.3, 0.4) is 0 Å². The van der Waals surface area contributed by atoms with Gasteiger partial charge >= 0.3 is 0 Å². The molecule has 2 aliphatic rings.